The molecule has 0 aliphatic carbocycles. The molecule has 5 heteroatoms. The molecule has 0 heterocycles. The summed E-state index contributed by atoms with van der Waals surface area (Å²) < 4.78 is 17.8. The summed E-state index contributed by atoms with van der Waals surface area (Å²) in [6.07, 6.45) is 0.367. The number of hydrogen-bond acceptors (Lipinski definition) is 3. The van der Waals surface area contributed by atoms with Crippen LogP contribution in [0.25, 0.3) is 0 Å². The summed E-state index contributed by atoms with van der Waals surface area (Å²) in [5, 5.41) is 13.6. The molecule has 0 spiro atoms. The van der Waals surface area contributed by atoms with E-state index in [1.807, 2.05) is 0 Å². The average Bonchev–Trinajstić information content (AvgIpc) is 2.28. The molecule has 0 fully saturated rings. The zero-order valence-corrected chi connectivity index (χ0v) is 11.4. The largest absolute Gasteiger partial charge is 0.389 e. The Balaban J connectivity index is 2.53. The van der Waals surface area contributed by atoms with Gasteiger partial charge in [0.1, 0.15) is 5.82 Å². The fraction of sp³-hybridized carbons (Fsp3) is 0.538. The number of nitrogens with one attached hydrogen (secondary N) is 1. The first kappa shape index (κ1) is 15.4. The van der Waals surface area contributed by atoms with Crippen LogP contribution in [0.15, 0.2) is 18.2 Å². The highest BCUT2D eigenvalue weighted by Crippen LogP contribution is 2.22. The van der Waals surface area contributed by atoms with Gasteiger partial charge in [0.05, 0.1) is 12.2 Å². The van der Waals surface area contributed by atoms with Crippen LogP contribution in [0.4, 0.5) is 4.39 Å². The van der Waals surface area contributed by atoms with Crippen LogP contribution in [0.3, 0.4) is 0 Å². The van der Waals surface area contributed by atoms with Gasteiger partial charge in [-0.05, 0) is 24.6 Å². The number of halogens is 2. The van der Waals surface area contributed by atoms with Gasteiger partial charge >= 0.3 is 0 Å². The molecule has 1 aromatic rings. The highest BCUT2D eigenvalue weighted by atomic mass is 35.5. The Morgan fingerprint density at radius 2 is 2.22 bits per heavy atom. The Kier molecular flexibility index (Phi) is 6.02. The van der Waals surface area contributed by atoms with Crippen LogP contribution in [0.1, 0.15) is 12.5 Å². The van der Waals surface area contributed by atoms with Gasteiger partial charge in [0, 0.05) is 31.6 Å². The van der Waals surface area contributed by atoms with Crippen molar-refractivity contribution in [1.29, 1.82) is 0 Å². The summed E-state index contributed by atoms with van der Waals surface area (Å²) in [7, 11) is 1.62. The maximum absolute atomic E-state index is 12.9. The van der Waals surface area contributed by atoms with Gasteiger partial charge < -0.3 is 15.2 Å². The van der Waals surface area contributed by atoms with Crippen molar-refractivity contribution in [3.63, 3.8) is 0 Å². The van der Waals surface area contributed by atoms with Crippen molar-refractivity contribution in [2.45, 2.75) is 18.9 Å². The normalized spacial score (nSPS) is 14.5. The van der Waals surface area contributed by atoms with Crippen LogP contribution < -0.4 is 5.32 Å². The van der Waals surface area contributed by atoms with Gasteiger partial charge in [-0.1, -0.05) is 17.7 Å². The average molecular weight is 276 g/mol. The number of ether oxygens (including phenoxy) is 1. The van der Waals surface area contributed by atoms with E-state index in [0.29, 0.717) is 31.1 Å². The quantitative estimate of drug-likeness (QED) is 0.748. The van der Waals surface area contributed by atoms with E-state index >= 15 is 0 Å². The summed E-state index contributed by atoms with van der Waals surface area (Å²) in [6, 6.07) is 4.20. The molecular weight excluding hydrogens is 257 g/mol. The Morgan fingerprint density at radius 3 is 2.83 bits per heavy atom. The molecule has 18 heavy (non-hydrogen) atoms. The molecule has 102 valence electrons. The third-order valence-electron chi connectivity index (χ3n) is 2.58. The number of rotatable bonds is 7. The van der Waals surface area contributed by atoms with Crippen LogP contribution in [0.5, 0.6) is 0 Å². The molecule has 0 bridgehead atoms. The molecule has 0 aliphatic rings. The Bertz CT molecular complexity index is 385. The standard InChI is InChI=1S/C13H19ClFNO2/c1-13(17,9-16-5-6-18-2)8-10-3-4-11(15)7-12(10)14/h3-4,7,16-17H,5-6,8-9H2,1-2H3. The first-order chi connectivity index (χ1) is 8.44. The van der Waals surface area contributed by atoms with E-state index < -0.39 is 5.60 Å². The minimum Gasteiger partial charge on any atom is -0.389 e. The zero-order valence-electron chi connectivity index (χ0n) is 10.7. The second-order valence-electron chi connectivity index (χ2n) is 4.58. The maximum atomic E-state index is 12.9. The maximum Gasteiger partial charge on any atom is 0.124 e. The Hall–Kier alpha value is -0.680. The van der Waals surface area contributed by atoms with E-state index in [0.717, 1.165) is 5.56 Å². The van der Waals surface area contributed by atoms with Crippen LogP contribution >= 0.6 is 11.6 Å². The minimum absolute atomic E-state index is 0.340. The fourth-order valence-corrected chi connectivity index (χ4v) is 1.90. The van der Waals surface area contributed by atoms with Gasteiger partial charge in [0.2, 0.25) is 0 Å². The molecule has 0 saturated carbocycles. The number of hydrogen-bond donors (Lipinski definition) is 2. The van der Waals surface area contributed by atoms with Crippen molar-refractivity contribution in [3.05, 3.63) is 34.6 Å². The van der Waals surface area contributed by atoms with E-state index in [1.54, 1.807) is 20.1 Å². The Morgan fingerprint density at radius 1 is 1.50 bits per heavy atom. The summed E-state index contributed by atoms with van der Waals surface area (Å²) in [4.78, 5) is 0. The smallest absolute Gasteiger partial charge is 0.124 e. The predicted octanol–water partition coefficient (Wildman–Crippen LogP) is 2.01. The van der Waals surface area contributed by atoms with Gasteiger partial charge in [-0.15, -0.1) is 0 Å². The van der Waals surface area contributed by atoms with E-state index in [2.05, 4.69) is 5.32 Å². The monoisotopic (exact) mass is 275 g/mol. The van der Waals surface area contributed by atoms with Gasteiger partial charge in [-0.3, -0.25) is 0 Å². The highest BCUT2D eigenvalue weighted by Gasteiger charge is 2.21. The second-order valence-corrected chi connectivity index (χ2v) is 4.99. The number of methoxy groups -OCH3 is 1. The molecule has 0 aromatic heterocycles. The molecule has 0 radical (unpaired) electrons. The topological polar surface area (TPSA) is 41.5 Å². The van der Waals surface area contributed by atoms with Crippen molar-refractivity contribution in [2.75, 3.05) is 26.8 Å². The van der Waals surface area contributed by atoms with Gasteiger partial charge in [-0.25, -0.2) is 4.39 Å². The van der Waals surface area contributed by atoms with Crippen molar-refractivity contribution in [2.24, 2.45) is 0 Å². The summed E-state index contributed by atoms with van der Waals surface area (Å²) in [5.41, 5.74) is -0.202. The van der Waals surface area contributed by atoms with E-state index in [9.17, 15) is 9.50 Å². The first-order valence-electron chi connectivity index (χ1n) is 5.80. The van der Waals surface area contributed by atoms with E-state index in [4.69, 9.17) is 16.3 Å². The summed E-state index contributed by atoms with van der Waals surface area (Å²) in [5.74, 6) is -0.374. The zero-order chi connectivity index (χ0) is 13.6. The number of benzene rings is 1. The Labute approximate surface area is 112 Å². The molecule has 2 N–H and O–H groups in total. The third kappa shape index (κ3) is 5.31. The SMILES string of the molecule is COCCNCC(C)(O)Cc1ccc(F)cc1Cl. The van der Waals surface area contributed by atoms with Crippen LogP contribution in [0.2, 0.25) is 5.02 Å². The number of aliphatic hydroxyl groups is 1. The van der Waals surface area contributed by atoms with E-state index in [1.165, 1.54) is 12.1 Å². The lowest BCUT2D eigenvalue weighted by Gasteiger charge is -2.24. The van der Waals surface area contributed by atoms with Crippen molar-refractivity contribution < 1.29 is 14.2 Å². The molecule has 1 rings (SSSR count). The molecule has 3 nitrogen and oxygen atoms in total. The molecule has 1 atom stereocenters. The predicted molar refractivity (Wildman–Crippen MR) is 70.5 cm³/mol. The van der Waals surface area contributed by atoms with Gasteiger partial charge in [-0.2, -0.15) is 0 Å². The molecule has 0 amide bonds. The first-order valence-corrected chi connectivity index (χ1v) is 6.18. The molecule has 1 aromatic carbocycles. The summed E-state index contributed by atoms with van der Waals surface area (Å²) >= 11 is 5.93. The lowest BCUT2D eigenvalue weighted by molar-refractivity contribution is 0.0581. The van der Waals surface area contributed by atoms with Gasteiger partial charge in [0.15, 0.2) is 0 Å². The molecular formula is C13H19ClFNO2. The van der Waals surface area contributed by atoms with Crippen molar-refractivity contribution in [3.8, 4) is 0 Å². The summed E-state index contributed by atoms with van der Waals surface area (Å²) in [6.45, 7) is 3.40. The molecule has 0 aliphatic heterocycles. The second kappa shape index (κ2) is 7.04. The fourth-order valence-electron chi connectivity index (χ4n) is 1.67. The van der Waals surface area contributed by atoms with Crippen molar-refractivity contribution >= 4 is 11.6 Å². The third-order valence-corrected chi connectivity index (χ3v) is 2.93. The highest BCUT2D eigenvalue weighted by molar-refractivity contribution is 6.31. The van der Waals surface area contributed by atoms with Crippen molar-refractivity contribution in [1.82, 2.24) is 5.32 Å². The molecule has 0 saturated heterocycles. The van der Waals surface area contributed by atoms with Crippen LogP contribution in [0, 0.1) is 5.82 Å². The van der Waals surface area contributed by atoms with E-state index in [-0.39, 0.29) is 5.82 Å². The lowest BCUT2D eigenvalue weighted by Crippen LogP contribution is -2.40. The molecule has 1 unspecified atom stereocenters. The van der Waals surface area contributed by atoms with Gasteiger partial charge in [0.25, 0.3) is 0 Å². The minimum atomic E-state index is -0.935. The lowest BCUT2D eigenvalue weighted by atomic mass is 9.96. The van der Waals surface area contributed by atoms with Crippen LogP contribution in [-0.4, -0.2) is 37.5 Å². The van der Waals surface area contributed by atoms with Crippen LogP contribution in [-0.2, 0) is 11.2 Å².